The van der Waals surface area contributed by atoms with Crippen LogP contribution in [0.5, 0.6) is 0 Å². The summed E-state index contributed by atoms with van der Waals surface area (Å²) in [6.07, 6.45) is 2.97. The smallest absolute Gasteiger partial charge is 0.287 e. The minimum absolute atomic E-state index is 0.0189. The molecule has 2 aromatic rings. The number of hydrogen-bond acceptors (Lipinski definition) is 7. The van der Waals surface area contributed by atoms with Gasteiger partial charge in [-0.25, -0.2) is 0 Å². The number of aromatic nitrogens is 1. The van der Waals surface area contributed by atoms with Crippen molar-refractivity contribution < 1.29 is 9.85 Å². The second-order valence-corrected chi connectivity index (χ2v) is 6.87. The topological polar surface area (TPSA) is 106 Å². The third-order valence-corrected chi connectivity index (χ3v) is 5.03. The molecule has 0 saturated carbocycles. The van der Waals surface area contributed by atoms with Gasteiger partial charge in [0.25, 0.3) is 11.4 Å². The monoisotopic (exact) mass is 385 g/mol. The maximum absolute atomic E-state index is 10.7. The minimum atomic E-state index is -0.438. The molecule has 28 heavy (non-hydrogen) atoms. The van der Waals surface area contributed by atoms with Crippen molar-refractivity contribution >= 4 is 11.4 Å². The molecule has 1 aromatic carbocycles. The molecule has 1 aromatic heterocycles. The van der Waals surface area contributed by atoms with E-state index in [-0.39, 0.29) is 16.3 Å². The van der Waals surface area contributed by atoms with Gasteiger partial charge in [0.2, 0.25) is 0 Å². The van der Waals surface area contributed by atoms with Gasteiger partial charge in [-0.15, -0.1) is 0 Å². The first kappa shape index (κ1) is 19.8. The van der Waals surface area contributed by atoms with Crippen molar-refractivity contribution in [2.45, 2.75) is 12.8 Å². The molecule has 9 heteroatoms. The molecule has 148 valence electrons. The standard InChI is InChI=1S/C19H23N5O4/c25-23(26)18-4-1-16(2-5-18)7-9-21-11-13-22(14-12-21)10-8-17-3-6-19(15-20-17)24(27)28/h1-6,15H,7-14H2. The molecular weight excluding hydrogens is 362 g/mol. The van der Waals surface area contributed by atoms with E-state index in [4.69, 9.17) is 0 Å². The summed E-state index contributed by atoms with van der Waals surface area (Å²) in [7, 11) is 0. The fourth-order valence-electron chi connectivity index (χ4n) is 3.25. The fraction of sp³-hybridized carbons (Fsp3) is 0.421. The van der Waals surface area contributed by atoms with Crippen LogP contribution in [0, 0.1) is 20.2 Å². The lowest BCUT2D eigenvalue weighted by Gasteiger charge is -2.34. The van der Waals surface area contributed by atoms with Gasteiger partial charge in [-0.2, -0.15) is 0 Å². The second kappa shape index (κ2) is 9.34. The van der Waals surface area contributed by atoms with Crippen LogP contribution in [-0.4, -0.2) is 63.9 Å². The molecule has 0 radical (unpaired) electrons. The fourth-order valence-corrected chi connectivity index (χ4v) is 3.25. The third-order valence-electron chi connectivity index (χ3n) is 5.03. The first-order chi connectivity index (χ1) is 13.5. The molecule has 0 unspecified atom stereocenters. The van der Waals surface area contributed by atoms with Gasteiger partial charge >= 0.3 is 0 Å². The van der Waals surface area contributed by atoms with Crippen LogP contribution in [0.4, 0.5) is 11.4 Å². The molecule has 3 rings (SSSR count). The van der Waals surface area contributed by atoms with Crippen LogP contribution in [0.3, 0.4) is 0 Å². The number of benzene rings is 1. The van der Waals surface area contributed by atoms with E-state index in [0.717, 1.165) is 63.4 Å². The van der Waals surface area contributed by atoms with Crippen LogP contribution < -0.4 is 0 Å². The number of nitrogens with zero attached hydrogens (tertiary/aromatic N) is 5. The summed E-state index contributed by atoms with van der Waals surface area (Å²) >= 11 is 0. The van der Waals surface area contributed by atoms with Gasteiger partial charge in [-0.1, -0.05) is 12.1 Å². The highest BCUT2D eigenvalue weighted by molar-refractivity contribution is 5.33. The highest BCUT2D eigenvalue weighted by Gasteiger charge is 2.17. The van der Waals surface area contributed by atoms with Crippen molar-refractivity contribution in [1.82, 2.24) is 14.8 Å². The number of nitro benzene ring substituents is 1. The van der Waals surface area contributed by atoms with Gasteiger partial charge in [0.1, 0.15) is 6.20 Å². The predicted octanol–water partition coefficient (Wildman–Crippen LogP) is 2.30. The zero-order chi connectivity index (χ0) is 19.9. The molecule has 9 nitrogen and oxygen atoms in total. The predicted molar refractivity (Wildman–Crippen MR) is 104 cm³/mol. The maximum Gasteiger partial charge on any atom is 0.287 e. The van der Waals surface area contributed by atoms with Crippen LogP contribution >= 0.6 is 0 Å². The van der Waals surface area contributed by atoms with Crippen LogP contribution in [-0.2, 0) is 12.8 Å². The van der Waals surface area contributed by atoms with Crippen molar-refractivity contribution in [2.75, 3.05) is 39.3 Å². The van der Waals surface area contributed by atoms with Crippen LogP contribution in [0.25, 0.3) is 0 Å². The molecule has 1 aliphatic rings. The highest BCUT2D eigenvalue weighted by atomic mass is 16.6. The molecule has 2 heterocycles. The summed E-state index contributed by atoms with van der Waals surface area (Å²) in [5.74, 6) is 0. The molecule has 0 aliphatic carbocycles. The van der Waals surface area contributed by atoms with E-state index >= 15 is 0 Å². The summed E-state index contributed by atoms with van der Waals surface area (Å²) < 4.78 is 0. The van der Waals surface area contributed by atoms with Gasteiger partial charge in [0.15, 0.2) is 0 Å². The Hall–Kier alpha value is -2.91. The van der Waals surface area contributed by atoms with E-state index < -0.39 is 4.92 Å². The third kappa shape index (κ3) is 5.54. The van der Waals surface area contributed by atoms with Crippen molar-refractivity contribution in [3.05, 3.63) is 74.1 Å². The average Bonchev–Trinajstić information content (AvgIpc) is 2.72. The number of rotatable bonds is 8. The molecule has 0 bridgehead atoms. The molecule has 1 saturated heterocycles. The van der Waals surface area contributed by atoms with E-state index in [2.05, 4.69) is 14.8 Å². The summed E-state index contributed by atoms with van der Waals surface area (Å²) in [4.78, 5) is 29.5. The number of hydrogen-bond donors (Lipinski definition) is 0. The Morgan fingerprint density at radius 1 is 0.786 bits per heavy atom. The molecular formula is C19H23N5O4. The van der Waals surface area contributed by atoms with E-state index in [1.165, 1.54) is 12.3 Å². The Morgan fingerprint density at radius 3 is 1.82 bits per heavy atom. The Morgan fingerprint density at radius 2 is 1.32 bits per heavy atom. The van der Waals surface area contributed by atoms with Crippen molar-refractivity contribution in [2.24, 2.45) is 0 Å². The summed E-state index contributed by atoms with van der Waals surface area (Å²) in [5, 5.41) is 21.4. The molecule has 0 spiro atoms. The number of pyridine rings is 1. The molecule has 1 fully saturated rings. The first-order valence-corrected chi connectivity index (χ1v) is 9.28. The van der Waals surface area contributed by atoms with Gasteiger partial charge in [-0.3, -0.25) is 25.2 Å². The quantitative estimate of drug-likeness (QED) is 0.507. The largest absolute Gasteiger partial charge is 0.300 e. The zero-order valence-electron chi connectivity index (χ0n) is 15.6. The summed E-state index contributed by atoms with van der Waals surface area (Å²) in [5.41, 5.74) is 2.12. The van der Waals surface area contributed by atoms with Gasteiger partial charge in [-0.05, 0) is 18.1 Å². The number of nitro groups is 2. The van der Waals surface area contributed by atoms with E-state index in [9.17, 15) is 20.2 Å². The molecule has 0 atom stereocenters. The molecule has 0 amide bonds. The number of non-ortho nitro benzene ring substituents is 1. The van der Waals surface area contributed by atoms with Crippen LogP contribution in [0.15, 0.2) is 42.6 Å². The summed E-state index contributed by atoms with van der Waals surface area (Å²) in [6, 6.07) is 9.98. The van der Waals surface area contributed by atoms with Gasteiger partial charge < -0.3 is 9.80 Å². The number of piperazine rings is 1. The maximum atomic E-state index is 10.7. The van der Waals surface area contributed by atoms with Crippen LogP contribution in [0.1, 0.15) is 11.3 Å². The van der Waals surface area contributed by atoms with E-state index in [0.29, 0.717) is 0 Å². The zero-order valence-corrected chi connectivity index (χ0v) is 15.6. The van der Waals surface area contributed by atoms with Crippen LogP contribution in [0.2, 0.25) is 0 Å². The molecule has 0 N–H and O–H groups in total. The molecule has 1 aliphatic heterocycles. The van der Waals surface area contributed by atoms with Gasteiger partial charge in [0, 0.05) is 69.6 Å². The lowest BCUT2D eigenvalue weighted by molar-refractivity contribution is -0.385. The normalized spacial score (nSPS) is 15.4. The lowest BCUT2D eigenvalue weighted by Crippen LogP contribution is -2.47. The SMILES string of the molecule is O=[N+]([O-])c1ccc(CCN2CCN(CCc3ccc([N+](=O)[O-])cn3)CC2)cc1. The van der Waals surface area contributed by atoms with Gasteiger partial charge in [0.05, 0.1) is 9.85 Å². The van der Waals surface area contributed by atoms with E-state index in [1.807, 2.05) is 12.1 Å². The van der Waals surface area contributed by atoms with Crippen molar-refractivity contribution in [3.63, 3.8) is 0 Å². The van der Waals surface area contributed by atoms with E-state index in [1.54, 1.807) is 18.2 Å². The lowest BCUT2D eigenvalue weighted by atomic mass is 10.1. The minimum Gasteiger partial charge on any atom is -0.300 e. The first-order valence-electron chi connectivity index (χ1n) is 9.28. The summed E-state index contributed by atoms with van der Waals surface area (Å²) in [6.45, 7) is 5.76. The Balaban J connectivity index is 1.37. The second-order valence-electron chi connectivity index (χ2n) is 6.87. The Kier molecular flexibility index (Phi) is 6.62. The Labute approximate surface area is 162 Å². The Bertz CT molecular complexity index is 733. The van der Waals surface area contributed by atoms with Crippen molar-refractivity contribution in [3.8, 4) is 0 Å². The highest BCUT2D eigenvalue weighted by Crippen LogP contribution is 2.13. The average molecular weight is 385 g/mol. The van der Waals surface area contributed by atoms with Crippen molar-refractivity contribution in [1.29, 1.82) is 0 Å².